The van der Waals surface area contributed by atoms with Gasteiger partial charge < -0.3 is 15.0 Å². The van der Waals surface area contributed by atoms with E-state index >= 15 is 0 Å². The Labute approximate surface area is 169 Å². The molecule has 154 valence electrons. The van der Waals surface area contributed by atoms with E-state index < -0.39 is 15.9 Å². The molecular weight excluding hydrogens is 394 g/mol. The molecule has 9 heteroatoms. The number of carbonyl (C=O) groups is 2. The molecule has 1 aliphatic heterocycles. The first-order valence-corrected chi connectivity index (χ1v) is 10.7. The van der Waals surface area contributed by atoms with Crippen LogP contribution in [0.4, 0.5) is 11.4 Å². The van der Waals surface area contributed by atoms with Gasteiger partial charge in [-0.15, -0.1) is 0 Å². The molecule has 0 spiro atoms. The van der Waals surface area contributed by atoms with Crippen molar-refractivity contribution in [1.82, 2.24) is 4.72 Å². The summed E-state index contributed by atoms with van der Waals surface area (Å²) in [7, 11) is -2.21. The van der Waals surface area contributed by atoms with E-state index in [1.807, 2.05) is 19.1 Å². The number of sulfonamides is 1. The molecule has 2 aromatic rings. The third kappa shape index (κ3) is 4.57. The quantitative estimate of drug-likeness (QED) is 0.717. The van der Waals surface area contributed by atoms with Gasteiger partial charge in [-0.05, 0) is 50.4 Å². The molecule has 0 aliphatic carbocycles. The molecule has 8 nitrogen and oxygen atoms in total. The highest BCUT2D eigenvalue weighted by Gasteiger charge is 2.36. The highest BCUT2D eigenvalue weighted by molar-refractivity contribution is 7.89. The number of amides is 2. The van der Waals surface area contributed by atoms with Crippen molar-refractivity contribution in [2.75, 3.05) is 30.4 Å². The Morgan fingerprint density at radius 1 is 1.17 bits per heavy atom. The maximum Gasteiger partial charge on any atom is 0.240 e. The summed E-state index contributed by atoms with van der Waals surface area (Å²) in [4.78, 5) is 26.8. The Bertz CT molecular complexity index is 1010. The predicted octanol–water partition coefficient (Wildman–Crippen LogP) is 1.99. The second-order valence-corrected chi connectivity index (χ2v) is 8.41. The lowest BCUT2D eigenvalue weighted by molar-refractivity contribution is -0.122. The van der Waals surface area contributed by atoms with Crippen molar-refractivity contribution in [3.63, 3.8) is 0 Å². The number of para-hydroxylation sites is 2. The molecule has 0 unspecified atom stereocenters. The van der Waals surface area contributed by atoms with Crippen molar-refractivity contribution in [3.8, 4) is 5.75 Å². The first-order valence-electron chi connectivity index (χ1n) is 9.22. The zero-order valence-electron chi connectivity index (χ0n) is 16.2. The van der Waals surface area contributed by atoms with Gasteiger partial charge in [-0.25, -0.2) is 13.1 Å². The number of rotatable bonds is 7. The monoisotopic (exact) mass is 417 g/mol. The molecule has 2 aromatic carbocycles. The van der Waals surface area contributed by atoms with Crippen molar-refractivity contribution in [1.29, 1.82) is 0 Å². The molecular formula is C20H23N3O5S. The molecule has 1 saturated heterocycles. The summed E-state index contributed by atoms with van der Waals surface area (Å²) >= 11 is 0. The molecule has 1 aliphatic rings. The number of carbonyl (C=O) groups excluding carboxylic acids is 2. The first-order chi connectivity index (χ1) is 13.9. The fraction of sp³-hybridized carbons (Fsp3) is 0.300. The maximum atomic E-state index is 12.6. The smallest absolute Gasteiger partial charge is 0.240 e. The van der Waals surface area contributed by atoms with Crippen LogP contribution in [0.15, 0.2) is 53.4 Å². The Morgan fingerprint density at radius 2 is 1.86 bits per heavy atom. The van der Waals surface area contributed by atoms with Gasteiger partial charge in [-0.3, -0.25) is 9.59 Å². The summed E-state index contributed by atoms with van der Waals surface area (Å²) in [5, 5.41) is 2.75. The molecule has 3 rings (SSSR count). The van der Waals surface area contributed by atoms with Gasteiger partial charge >= 0.3 is 0 Å². The molecule has 0 saturated carbocycles. The maximum absolute atomic E-state index is 12.6. The lowest BCUT2D eigenvalue weighted by Crippen LogP contribution is -2.28. The van der Waals surface area contributed by atoms with Crippen LogP contribution >= 0.6 is 0 Å². The normalized spacial score (nSPS) is 16.7. The second kappa shape index (κ2) is 8.62. The lowest BCUT2D eigenvalue weighted by Gasteiger charge is -2.20. The van der Waals surface area contributed by atoms with Crippen LogP contribution < -0.4 is 19.7 Å². The third-order valence-corrected chi connectivity index (χ3v) is 6.08. The molecule has 1 fully saturated rings. The Morgan fingerprint density at radius 3 is 2.52 bits per heavy atom. The van der Waals surface area contributed by atoms with Gasteiger partial charge in [0.15, 0.2) is 0 Å². The van der Waals surface area contributed by atoms with E-state index in [0.717, 1.165) is 0 Å². The summed E-state index contributed by atoms with van der Waals surface area (Å²) in [6.45, 7) is 2.59. The van der Waals surface area contributed by atoms with Crippen molar-refractivity contribution in [2.24, 2.45) is 5.92 Å². The SMILES string of the molecule is CCOc1ccccc1N1C[C@H](C(=O)Nc2ccc(S(=O)(=O)NC)cc2)CC1=O. The summed E-state index contributed by atoms with van der Waals surface area (Å²) in [6.07, 6.45) is 0.0957. The standard InChI is InChI=1S/C20H23N3O5S/c1-3-28-18-7-5-4-6-17(18)23-13-14(12-19(23)24)20(25)22-15-8-10-16(11-9-15)29(26,27)21-2/h4-11,14,21H,3,12-13H2,1-2H3,(H,22,25)/t14-/m1/s1. The minimum Gasteiger partial charge on any atom is -0.492 e. The fourth-order valence-corrected chi connectivity index (χ4v) is 3.88. The zero-order chi connectivity index (χ0) is 21.0. The van der Waals surface area contributed by atoms with Crippen molar-refractivity contribution in [2.45, 2.75) is 18.2 Å². The first kappa shape index (κ1) is 20.8. The van der Waals surface area contributed by atoms with Gasteiger partial charge in [-0.2, -0.15) is 0 Å². The van der Waals surface area contributed by atoms with E-state index in [9.17, 15) is 18.0 Å². The number of anilines is 2. The van der Waals surface area contributed by atoms with E-state index in [2.05, 4.69) is 10.0 Å². The van der Waals surface area contributed by atoms with Crippen LogP contribution in [0.25, 0.3) is 0 Å². The predicted molar refractivity (Wildman–Crippen MR) is 109 cm³/mol. The van der Waals surface area contributed by atoms with Crippen LogP contribution in [-0.2, 0) is 19.6 Å². The second-order valence-electron chi connectivity index (χ2n) is 6.53. The van der Waals surface area contributed by atoms with Gasteiger partial charge in [0, 0.05) is 18.7 Å². The van der Waals surface area contributed by atoms with Crippen LogP contribution in [0.5, 0.6) is 5.75 Å². The van der Waals surface area contributed by atoms with E-state index in [0.29, 0.717) is 23.7 Å². The number of hydrogen-bond acceptors (Lipinski definition) is 5. The number of benzene rings is 2. The third-order valence-electron chi connectivity index (χ3n) is 4.65. The largest absolute Gasteiger partial charge is 0.492 e. The fourth-order valence-electron chi connectivity index (χ4n) is 3.15. The highest BCUT2D eigenvalue weighted by Crippen LogP contribution is 2.33. The average Bonchev–Trinajstić information content (AvgIpc) is 3.11. The summed E-state index contributed by atoms with van der Waals surface area (Å²) in [5.74, 6) is -0.352. The number of ether oxygens (including phenoxy) is 1. The van der Waals surface area contributed by atoms with Gasteiger partial charge in [0.05, 0.1) is 23.1 Å². The van der Waals surface area contributed by atoms with Crippen LogP contribution in [0, 0.1) is 5.92 Å². The number of nitrogens with one attached hydrogen (secondary N) is 2. The van der Waals surface area contributed by atoms with Gasteiger partial charge in [0.1, 0.15) is 5.75 Å². The topological polar surface area (TPSA) is 105 Å². The van der Waals surface area contributed by atoms with Crippen molar-refractivity contribution < 1.29 is 22.7 Å². The van der Waals surface area contributed by atoms with Crippen LogP contribution in [0.2, 0.25) is 0 Å². The molecule has 2 amide bonds. The Balaban J connectivity index is 1.70. The summed E-state index contributed by atoms with van der Waals surface area (Å²) < 4.78 is 31.4. The summed E-state index contributed by atoms with van der Waals surface area (Å²) in [5.41, 5.74) is 1.11. The molecule has 0 aromatic heterocycles. The number of nitrogens with zero attached hydrogens (tertiary/aromatic N) is 1. The Kier molecular flexibility index (Phi) is 6.19. The van der Waals surface area contributed by atoms with Crippen LogP contribution in [-0.4, -0.2) is 40.4 Å². The molecule has 1 heterocycles. The molecule has 2 N–H and O–H groups in total. The van der Waals surface area contributed by atoms with Crippen molar-refractivity contribution in [3.05, 3.63) is 48.5 Å². The van der Waals surface area contributed by atoms with Crippen LogP contribution in [0.1, 0.15) is 13.3 Å². The molecule has 1 atom stereocenters. The van der Waals surface area contributed by atoms with E-state index in [-0.39, 0.29) is 29.7 Å². The number of hydrogen-bond donors (Lipinski definition) is 2. The zero-order valence-corrected chi connectivity index (χ0v) is 17.0. The molecule has 0 radical (unpaired) electrons. The van der Waals surface area contributed by atoms with Gasteiger partial charge in [0.2, 0.25) is 21.8 Å². The molecule has 29 heavy (non-hydrogen) atoms. The van der Waals surface area contributed by atoms with E-state index in [4.69, 9.17) is 4.74 Å². The Hall–Kier alpha value is -2.91. The lowest BCUT2D eigenvalue weighted by atomic mass is 10.1. The van der Waals surface area contributed by atoms with E-state index in [1.54, 1.807) is 17.0 Å². The van der Waals surface area contributed by atoms with Crippen molar-refractivity contribution >= 4 is 33.2 Å². The van der Waals surface area contributed by atoms with Gasteiger partial charge in [-0.1, -0.05) is 12.1 Å². The van der Waals surface area contributed by atoms with Gasteiger partial charge in [0.25, 0.3) is 0 Å². The summed E-state index contributed by atoms with van der Waals surface area (Å²) in [6, 6.07) is 13.1. The molecule has 0 bridgehead atoms. The average molecular weight is 417 g/mol. The minimum atomic E-state index is -3.54. The highest BCUT2D eigenvalue weighted by atomic mass is 32.2. The van der Waals surface area contributed by atoms with E-state index in [1.165, 1.54) is 31.3 Å². The minimum absolute atomic E-state index is 0.0957. The van der Waals surface area contributed by atoms with Crippen LogP contribution in [0.3, 0.4) is 0 Å².